The number of rotatable bonds is 8. The molecule has 0 aliphatic carbocycles. The van der Waals surface area contributed by atoms with E-state index in [1.807, 2.05) is 78.9 Å². The Kier molecular flexibility index (Phi) is 7.60. The van der Waals surface area contributed by atoms with Crippen molar-refractivity contribution in [3.05, 3.63) is 117 Å². The fourth-order valence-electron chi connectivity index (χ4n) is 4.62. The number of esters is 1. The summed E-state index contributed by atoms with van der Waals surface area (Å²) in [6, 6.07) is 25.0. The Morgan fingerprint density at radius 3 is 2.31 bits per heavy atom. The third-order valence-electron chi connectivity index (χ3n) is 6.48. The van der Waals surface area contributed by atoms with Crippen LogP contribution in [0.25, 0.3) is 0 Å². The van der Waals surface area contributed by atoms with Gasteiger partial charge in [-0.3, -0.25) is 0 Å². The van der Waals surface area contributed by atoms with Gasteiger partial charge in [-0.2, -0.15) is 0 Å². The van der Waals surface area contributed by atoms with Gasteiger partial charge in [0, 0.05) is 11.3 Å². The number of H-pyrrole nitrogens is 1. The third-order valence-corrected chi connectivity index (χ3v) is 6.67. The number of fused-ring (bicyclic) bond motifs is 1. The molecule has 0 fully saturated rings. The van der Waals surface area contributed by atoms with Crippen LogP contribution in [-0.2, 0) is 22.7 Å². The van der Waals surface area contributed by atoms with Crippen LogP contribution in [0.1, 0.15) is 35.1 Å². The fourth-order valence-corrected chi connectivity index (χ4v) is 4.82. The number of methoxy groups -OCH3 is 1. The molecule has 0 saturated carbocycles. The average Bonchev–Trinajstić information content (AvgIpc) is 2.95. The van der Waals surface area contributed by atoms with E-state index in [9.17, 15) is 4.79 Å². The maximum atomic E-state index is 13.6. The van der Waals surface area contributed by atoms with Crippen LogP contribution in [0.5, 0.6) is 11.5 Å². The van der Waals surface area contributed by atoms with Crippen molar-refractivity contribution in [2.75, 3.05) is 18.2 Å². The third kappa shape index (κ3) is 5.63. The van der Waals surface area contributed by atoms with Crippen LogP contribution in [0.3, 0.4) is 0 Å². The predicted molar refractivity (Wildman–Crippen MR) is 152 cm³/mol. The Morgan fingerprint density at radius 2 is 1.64 bits per heavy atom. The maximum Gasteiger partial charge on any atom is 0.337 e. The molecule has 198 valence electrons. The highest BCUT2D eigenvalue weighted by Crippen LogP contribution is 2.45. The lowest BCUT2D eigenvalue weighted by Gasteiger charge is -2.30. The van der Waals surface area contributed by atoms with Crippen LogP contribution in [-0.4, -0.2) is 23.0 Å². The largest absolute Gasteiger partial charge is 0.493 e. The molecule has 4 N–H and O–H groups in total. The molecule has 4 aromatic rings. The Morgan fingerprint density at radius 1 is 0.974 bits per heavy atom. The monoisotopic (exact) mass is 540 g/mol. The van der Waals surface area contributed by atoms with E-state index in [0.29, 0.717) is 46.6 Å². The summed E-state index contributed by atoms with van der Waals surface area (Å²) >= 11 is 5.25. The Bertz CT molecular complexity index is 1590. The first-order chi connectivity index (χ1) is 18.9. The molecule has 0 radical (unpaired) electrons. The lowest BCUT2D eigenvalue weighted by Crippen LogP contribution is -2.26. The normalized spacial score (nSPS) is 14.3. The number of benzene rings is 3. The number of hydrogen-bond acceptors (Lipinski definition) is 8. The fraction of sp³-hybridized carbons (Fsp3) is 0.167. The number of nitrogens with two attached hydrogens (primary N) is 1. The van der Waals surface area contributed by atoms with Crippen LogP contribution < -0.4 is 20.5 Å². The van der Waals surface area contributed by atoms with E-state index in [1.54, 1.807) is 14.0 Å². The average molecular weight is 541 g/mol. The van der Waals surface area contributed by atoms with Crippen molar-refractivity contribution in [2.24, 2.45) is 0 Å². The zero-order valence-corrected chi connectivity index (χ0v) is 22.4. The molecule has 1 unspecified atom stereocenters. The summed E-state index contributed by atoms with van der Waals surface area (Å²) in [6.07, 6.45) is 0. The number of anilines is 2. The van der Waals surface area contributed by atoms with E-state index < -0.39 is 11.9 Å². The number of carbonyl (C=O) groups is 1. The van der Waals surface area contributed by atoms with Crippen molar-refractivity contribution >= 4 is 29.8 Å². The number of aromatic nitrogens is 2. The molecule has 1 aliphatic rings. The first-order valence-electron chi connectivity index (χ1n) is 12.4. The van der Waals surface area contributed by atoms with Gasteiger partial charge in [-0.15, -0.1) is 0 Å². The number of nitrogens with zero attached hydrogens (tertiary/aromatic N) is 1. The molecular weight excluding hydrogens is 512 g/mol. The molecule has 1 atom stereocenters. The SMILES string of the molecule is COc1cc(C2C(C(=O)OCc3ccccc3)=C(C)Nc3nc(=S)[nH]c(N)c32)ccc1OCc1ccccc1. The first-order valence-corrected chi connectivity index (χ1v) is 12.8. The highest BCUT2D eigenvalue weighted by atomic mass is 32.1. The van der Waals surface area contributed by atoms with Crippen LogP contribution in [0.2, 0.25) is 0 Å². The molecule has 0 bridgehead atoms. The molecule has 1 aromatic heterocycles. The van der Waals surface area contributed by atoms with Gasteiger partial charge in [0.05, 0.1) is 18.6 Å². The summed E-state index contributed by atoms with van der Waals surface area (Å²) in [5.74, 6) is 0.833. The first kappa shape index (κ1) is 26.0. The van der Waals surface area contributed by atoms with Crippen LogP contribution in [0.15, 0.2) is 90.1 Å². The molecule has 5 rings (SSSR count). The predicted octanol–water partition coefficient (Wildman–Crippen LogP) is 5.88. The standard InChI is InChI=1S/C30H28N4O4S/c1-18-24(29(35)38-17-20-11-7-4-8-12-20)25(26-27(31)33-30(39)34-28(26)32-18)21-13-14-22(23(15-21)36-2)37-16-19-9-5-3-6-10-19/h3-15,25H,16-17H2,1-2H3,(H4,31,32,33,34,39). The molecular formula is C30H28N4O4S. The maximum absolute atomic E-state index is 13.6. The van der Waals surface area contributed by atoms with Crippen LogP contribution >= 0.6 is 12.2 Å². The minimum Gasteiger partial charge on any atom is -0.493 e. The van der Waals surface area contributed by atoms with E-state index in [2.05, 4.69) is 15.3 Å². The molecule has 0 spiro atoms. The molecule has 1 aliphatic heterocycles. The number of nitrogens with one attached hydrogen (secondary N) is 2. The molecule has 0 amide bonds. The van der Waals surface area contributed by atoms with Crippen molar-refractivity contribution in [2.45, 2.75) is 26.1 Å². The van der Waals surface area contributed by atoms with Crippen LogP contribution in [0, 0.1) is 4.77 Å². The van der Waals surface area contributed by atoms with Crippen molar-refractivity contribution in [3.8, 4) is 11.5 Å². The van der Waals surface area contributed by atoms with Crippen molar-refractivity contribution < 1.29 is 19.0 Å². The Hall–Kier alpha value is -4.63. The summed E-state index contributed by atoms with van der Waals surface area (Å²) in [7, 11) is 1.58. The van der Waals surface area contributed by atoms with E-state index in [1.165, 1.54) is 0 Å². The van der Waals surface area contributed by atoms with Crippen LogP contribution in [0.4, 0.5) is 11.6 Å². The van der Waals surface area contributed by atoms with Gasteiger partial charge in [-0.05, 0) is 48.0 Å². The summed E-state index contributed by atoms with van der Waals surface area (Å²) in [4.78, 5) is 20.9. The van der Waals surface area contributed by atoms with Crippen molar-refractivity contribution in [1.29, 1.82) is 0 Å². The molecule has 0 saturated heterocycles. The lowest BCUT2D eigenvalue weighted by molar-refractivity contribution is -0.140. The Labute approximate surface area is 231 Å². The van der Waals surface area contributed by atoms with Gasteiger partial charge < -0.3 is 30.2 Å². The quantitative estimate of drug-likeness (QED) is 0.188. The second kappa shape index (κ2) is 11.4. The minimum absolute atomic E-state index is 0.135. The Balaban J connectivity index is 1.52. The van der Waals surface area contributed by atoms with Gasteiger partial charge in [0.1, 0.15) is 24.8 Å². The lowest BCUT2D eigenvalue weighted by atomic mass is 9.81. The zero-order chi connectivity index (χ0) is 27.4. The highest BCUT2D eigenvalue weighted by molar-refractivity contribution is 7.71. The zero-order valence-electron chi connectivity index (χ0n) is 21.6. The number of aromatic amines is 1. The van der Waals surface area contributed by atoms with Crippen molar-refractivity contribution in [1.82, 2.24) is 9.97 Å². The number of nitrogen functional groups attached to an aromatic ring is 1. The van der Waals surface area contributed by atoms with Gasteiger partial charge in [-0.1, -0.05) is 66.7 Å². The number of carbonyl (C=O) groups excluding carboxylic acids is 1. The van der Waals surface area contributed by atoms with Crippen molar-refractivity contribution in [3.63, 3.8) is 0 Å². The van der Waals surface area contributed by atoms with E-state index >= 15 is 0 Å². The number of hydrogen-bond donors (Lipinski definition) is 3. The van der Waals surface area contributed by atoms with Gasteiger partial charge in [0.15, 0.2) is 16.3 Å². The summed E-state index contributed by atoms with van der Waals surface area (Å²) in [5.41, 5.74) is 10.7. The molecule has 3 aromatic carbocycles. The van der Waals surface area contributed by atoms with Gasteiger partial charge >= 0.3 is 5.97 Å². The van der Waals surface area contributed by atoms with Gasteiger partial charge in [0.25, 0.3) is 0 Å². The van der Waals surface area contributed by atoms with E-state index in [-0.39, 0.29) is 11.4 Å². The number of ether oxygens (including phenoxy) is 3. The second-order valence-corrected chi connectivity index (χ2v) is 9.45. The summed E-state index contributed by atoms with van der Waals surface area (Å²) in [5, 5.41) is 3.19. The van der Waals surface area contributed by atoms with E-state index in [0.717, 1.165) is 16.7 Å². The van der Waals surface area contributed by atoms with Gasteiger partial charge in [-0.25, -0.2) is 9.78 Å². The minimum atomic E-state index is -0.596. The van der Waals surface area contributed by atoms with Gasteiger partial charge in [0.2, 0.25) is 0 Å². The molecule has 8 nitrogen and oxygen atoms in total. The summed E-state index contributed by atoms with van der Waals surface area (Å²) < 4.78 is 17.7. The molecule has 9 heteroatoms. The smallest absolute Gasteiger partial charge is 0.337 e. The highest BCUT2D eigenvalue weighted by Gasteiger charge is 2.36. The molecule has 39 heavy (non-hydrogen) atoms. The van der Waals surface area contributed by atoms with E-state index in [4.69, 9.17) is 32.2 Å². The summed E-state index contributed by atoms with van der Waals surface area (Å²) in [6.45, 7) is 2.33. The number of allylic oxidation sites excluding steroid dienone is 1. The second-order valence-electron chi connectivity index (χ2n) is 9.06. The topological polar surface area (TPSA) is 111 Å². The molecule has 2 heterocycles.